The van der Waals surface area contributed by atoms with Crippen molar-refractivity contribution >= 4 is 21.8 Å². The maximum Gasteiger partial charge on any atom is 0.251 e. The Labute approximate surface area is 111 Å². The van der Waals surface area contributed by atoms with E-state index < -0.39 is 0 Å². The third-order valence-corrected chi connectivity index (χ3v) is 4.00. The minimum atomic E-state index is 0.0670. The van der Waals surface area contributed by atoms with E-state index in [1.165, 1.54) is 11.1 Å². The number of amides is 1. The van der Waals surface area contributed by atoms with Crippen LogP contribution in [0.3, 0.4) is 0 Å². The summed E-state index contributed by atoms with van der Waals surface area (Å²) in [6.07, 6.45) is 2.03. The summed E-state index contributed by atoms with van der Waals surface area (Å²) in [7, 11) is 0. The fourth-order valence-electron chi connectivity index (χ4n) is 2.17. The first-order valence-corrected chi connectivity index (χ1v) is 7.04. The lowest BCUT2D eigenvalue weighted by Gasteiger charge is -2.19. The smallest absolute Gasteiger partial charge is 0.251 e. The first kappa shape index (κ1) is 12.6. The molecule has 0 aliphatic carbocycles. The van der Waals surface area contributed by atoms with E-state index in [9.17, 15) is 4.79 Å². The number of nitrogens with one attached hydrogen (secondary N) is 1. The molecule has 0 bridgehead atoms. The monoisotopic (exact) mass is 295 g/mol. The fraction of sp³-hybridized carbons (Fsp3) is 0.500. The number of alkyl halides is 1. The summed E-state index contributed by atoms with van der Waals surface area (Å²) in [6.45, 7) is 5.17. The van der Waals surface area contributed by atoms with Crippen LogP contribution in [-0.4, -0.2) is 12.5 Å². The van der Waals surface area contributed by atoms with Crippen molar-refractivity contribution in [3.8, 4) is 0 Å². The topological polar surface area (TPSA) is 29.1 Å². The van der Waals surface area contributed by atoms with E-state index in [1.54, 1.807) is 0 Å². The molecule has 0 fully saturated rings. The Hall–Kier alpha value is -0.830. The molecule has 1 amide bonds. The molecule has 1 atom stereocenters. The quantitative estimate of drug-likeness (QED) is 0.850. The van der Waals surface area contributed by atoms with Crippen molar-refractivity contribution in [1.82, 2.24) is 5.32 Å². The standard InChI is InChI=1S/C14H18BrNO/c1-9(2)7-13(15)11-4-3-10-5-6-16-14(17)12(10)8-11/h3-4,8-9,13H,5-7H2,1-2H3,(H,16,17). The van der Waals surface area contributed by atoms with Crippen LogP contribution in [0.15, 0.2) is 18.2 Å². The Bertz CT molecular complexity index is 428. The molecule has 1 N–H and O–H groups in total. The molecule has 1 aliphatic rings. The Balaban J connectivity index is 2.26. The van der Waals surface area contributed by atoms with E-state index in [0.717, 1.165) is 24.9 Å². The lowest BCUT2D eigenvalue weighted by atomic mass is 9.95. The van der Waals surface area contributed by atoms with Gasteiger partial charge in [-0.2, -0.15) is 0 Å². The van der Waals surface area contributed by atoms with Crippen LogP contribution < -0.4 is 5.32 Å². The highest BCUT2D eigenvalue weighted by molar-refractivity contribution is 9.09. The highest BCUT2D eigenvalue weighted by atomic mass is 79.9. The van der Waals surface area contributed by atoms with Gasteiger partial charge in [0.2, 0.25) is 0 Å². The van der Waals surface area contributed by atoms with E-state index in [-0.39, 0.29) is 5.91 Å². The van der Waals surface area contributed by atoms with Crippen LogP contribution in [0.25, 0.3) is 0 Å². The fourth-order valence-corrected chi connectivity index (χ4v) is 3.21. The molecule has 0 radical (unpaired) electrons. The van der Waals surface area contributed by atoms with Gasteiger partial charge in [0.1, 0.15) is 0 Å². The predicted octanol–water partition coefficient (Wildman–Crippen LogP) is 3.45. The van der Waals surface area contributed by atoms with Crippen molar-refractivity contribution in [2.45, 2.75) is 31.5 Å². The predicted molar refractivity (Wildman–Crippen MR) is 73.6 cm³/mol. The summed E-state index contributed by atoms with van der Waals surface area (Å²) < 4.78 is 0. The van der Waals surface area contributed by atoms with Crippen molar-refractivity contribution < 1.29 is 4.79 Å². The van der Waals surface area contributed by atoms with Crippen molar-refractivity contribution in [3.05, 3.63) is 34.9 Å². The van der Waals surface area contributed by atoms with Gasteiger partial charge in [0.25, 0.3) is 5.91 Å². The Morgan fingerprint density at radius 1 is 1.41 bits per heavy atom. The van der Waals surface area contributed by atoms with Crippen LogP contribution >= 0.6 is 15.9 Å². The third kappa shape index (κ3) is 2.89. The van der Waals surface area contributed by atoms with Gasteiger partial charge in [-0.25, -0.2) is 0 Å². The average Bonchev–Trinajstić information content (AvgIpc) is 2.28. The minimum absolute atomic E-state index is 0.0670. The molecule has 0 saturated carbocycles. The summed E-state index contributed by atoms with van der Waals surface area (Å²) in [5, 5.41) is 2.89. The molecular formula is C14H18BrNO. The maximum atomic E-state index is 11.8. The molecule has 0 saturated heterocycles. The van der Waals surface area contributed by atoms with Crippen LogP contribution in [0.2, 0.25) is 0 Å². The van der Waals surface area contributed by atoms with Crippen LogP contribution in [-0.2, 0) is 6.42 Å². The molecule has 92 valence electrons. The number of fused-ring (bicyclic) bond motifs is 1. The van der Waals surface area contributed by atoms with Crippen molar-refractivity contribution in [3.63, 3.8) is 0 Å². The van der Waals surface area contributed by atoms with Crippen molar-refractivity contribution in [2.24, 2.45) is 5.92 Å². The van der Waals surface area contributed by atoms with E-state index in [1.807, 2.05) is 6.07 Å². The average molecular weight is 296 g/mol. The van der Waals surface area contributed by atoms with Crippen LogP contribution in [0.4, 0.5) is 0 Å². The molecule has 1 aromatic carbocycles. The number of halogens is 1. The van der Waals surface area contributed by atoms with E-state index >= 15 is 0 Å². The van der Waals surface area contributed by atoms with Gasteiger partial charge in [0.05, 0.1) is 0 Å². The molecule has 2 nitrogen and oxygen atoms in total. The van der Waals surface area contributed by atoms with E-state index in [4.69, 9.17) is 0 Å². The first-order chi connectivity index (χ1) is 8.08. The lowest BCUT2D eigenvalue weighted by Crippen LogP contribution is -2.31. The number of carbonyl (C=O) groups excluding carboxylic acids is 1. The summed E-state index contributed by atoms with van der Waals surface area (Å²) in [6, 6.07) is 6.27. The summed E-state index contributed by atoms with van der Waals surface area (Å²) in [5.41, 5.74) is 3.22. The van der Waals surface area contributed by atoms with Crippen molar-refractivity contribution in [2.75, 3.05) is 6.54 Å². The molecule has 1 aromatic rings. The number of hydrogen-bond acceptors (Lipinski definition) is 1. The highest BCUT2D eigenvalue weighted by Crippen LogP contribution is 2.31. The molecule has 0 spiro atoms. The van der Waals surface area contributed by atoms with Gasteiger partial charge in [-0.05, 0) is 36.0 Å². The molecule has 1 unspecified atom stereocenters. The Morgan fingerprint density at radius 3 is 2.88 bits per heavy atom. The molecule has 2 rings (SSSR count). The molecule has 1 aliphatic heterocycles. The number of carbonyl (C=O) groups is 1. The van der Waals surface area contributed by atoms with Gasteiger partial charge in [-0.1, -0.05) is 41.9 Å². The number of hydrogen-bond donors (Lipinski definition) is 1. The van der Waals surface area contributed by atoms with Gasteiger partial charge < -0.3 is 5.32 Å². The van der Waals surface area contributed by atoms with Gasteiger partial charge in [-0.15, -0.1) is 0 Å². The molecule has 17 heavy (non-hydrogen) atoms. The molecule has 3 heteroatoms. The highest BCUT2D eigenvalue weighted by Gasteiger charge is 2.18. The second-order valence-electron chi connectivity index (χ2n) is 5.02. The van der Waals surface area contributed by atoms with Gasteiger partial charge in [0, 0.05) is 16.9 Å². The zero-order valence-corrected chi connectivity index (χ0v) is 11.9. The van der Waals surface area contributed by atoms with Crippen LogP contribution in [0, 0.1) is 5.92 Å². The normalized spacial score (nSPS) is 16.6. The summed E-state index contributed by atoms with van der Waals surface area (Å²) in [5.74, 6) is 0.710. The zero-order chi connectivity index (χ0) is 12.4. The SMILES string of the molecule is CC(C)CC(Br)c1ccc2c(c1)C(=O)NCC2. The second-order valence-corrected chi connectivity index (χ2v) is 6.12. The van der Waals surface area contributed by atoms with Gasteiger partial charge in [0.15, 0.2) is 0 Å². The van der Waals surface area contributed by atoms with Crippen LogP contribution in [0.1, 0.15) is 46.6 Å². The van der Waals surface area contributed by atoms with Crippen LogP contribution in [0.5, 0.6) is 0 Å². The molecular weight excluding hydrogens is 278 g/mol. The number of benzene rings is 1. The van der Waals surface area contributed by atoms with Gasteiger partial charge in [-0.3, -0.25) is 4.79 Å². The third-order valence-electron chi connectivity index (χ3n) is 3.10. The summed E-state index contributed by atoms with van der Waals surface area (Å²) in [4.78, 5) is 12.1. The van der Waals surface area contributed by atoms with Gasteiger partial charge >= 0.3 is 0 Å². The Kier molecular flexibility index (Phi) is 3.87. The minimum Gasteiger partial charge on any atom is -0.352 e. The molecule has 1 heterocycles. The molecule has 0 aromatic heterocycles. The maximum absolute atomic E-state index is 11.8. The van der Waals surface area contributed by atoms with E-state index in [0.29, 0.717) is 10.7 Å². The zero-order valence-electron chi connectivity index (χ0n) is 10.3. The Morgan fingerprint density at radius 2 is 2.18 bits per heavy atom. The number of rotatable bonds is 3. The largest absolute Gasteiger partial charge is 0.352 e. The first-order valence-electron chi connectivity index (χ1n) is 6.13. The second kappa shape index (κ2) is 5.21. The van der Waals surface area contributed by atoms with E-state index in [2.05, 4.69) is 47.2 Å². The lowest BCUT2D eigenvalue weighted by molar-refractivity contribution is 0.0946. The van der Waals surface area contributed by atoms with Crippen molar-refractivity contribution in [1.29, 1.82) is 0 Å². The summed E-state index contributed by atoms with van der Waals surface area (Å²) >= 11 is 3.70.